The van der Waals surface area contributed by atoms with Crippen molar-refractivity contribution in [2.75, 3.05) is 6.54 Å². The van der Waals surface area contributed by atoms with Gasteiger partial charge in [0.25, 0.3) is 5.91 Å². The van der Waals surface area contributed by atoms with Gasteiger partial charge in [0.15, 0.2) is 0 Å². The van der Waals surface area contributed by atoms with Gasteiger partial charge >= 0.3 is 0 Å². The molecule has 0 aromatic carbocycles. The fourth-order valence-electron chi connectivity index (χ4n) is 2.53. The van der Waals surface area contributed by atoms with Gasteiger partial charge in [-0.1, -0.05) is 25.7 Å². The summed E-state index contributed by atoms with van der Waals surface area (Å²) in [6.45, 7) is 0.748. The maximum atomic E-state index is 11.9. The molecule has 4 heteroatoms. The lowest BCUT2D eigenvalue weighted by Crippen LogP contribution is -2.26. The van der Waals surface area contributed by atoms with E-state index in [1.54, 1.807) is 12.3 Å². The molecule has 1 amide bonds. The Morgan fingerprint density at radius 1 is 1.44 bits per heavy atom. The Labute approximate surface area is 117 Å². The number of hydrogen-bond donors (Lipinski definition) is 1. The van der Waals surface area contributed by atoms with Crippen molar-refractivity contribution in [3.63, 3.8) is 0 Å². The molecule has 1 heterocycles. The first-order valence-corrected chi connectivity index (χ1v) is 7.45. The zero-order valence-electron chi connectivity index (χ0n) is 10.5. The van der Waals surface area contributed by atoms with Crippen molar-refractivity contribution >= 4 is 21.8 Å². The highest BCUT2D eigenvalue weighted by atomic mass is 79.9. The summed E-state index contributed by atoms with van der Waals surface area (Å²) in [5, 5.41) is 2.93. The Balaban J connectivity index is 1.70. The number of pyridine rings is 1. The van der Waals surface area contributed by atoms with Gasteiger partial charge in [-0.05, 0) is 46.8 Å². The highest BCUT2D eigenvalue weighted by Gasteiger charge is 2.15. The molecule has 0 saturated heterocycles. The highest BCUT2D eigenvalue weighted by Crippen LogP contribution is 2.28. The molecule has 1 aliphatic carbocycles. The number of hydrogen-bond acceptors (Lipinski definition) is 2. The molecule has 0 radical (unpaired) electrons. The second kappa shape index (κ2) is 6.88. The molecule has 0 unspecified atom stereocenters. The number of amides is 1. The van der Waals surface area contributed by atoms with E-state index in [2.05, 4.69) is 26.2 Å². The van der Waals surface area contributed by atoms with E-state index in [4.69, 9.17) is 0 Å². The van der Waals surface area contributed by atoms with Crippen LogP contribution in [0, 0.1) is 5.92 Å². The lowest BCUT2D eigenvalue weighted by Gasteiger charge is -2.09. The average molecular weight is 311 g/mol. The predicted molar refractivity (Wildman–Crippen MR) is 75.5 cm³/mol. The van der Waals surface area contributed by atoms with Crippen molar-refractivity contribution in [1.29, 1.82) is 0 Å². The van der Waals surface area contributed by atoms with Crippen LogP contribution in [0.5, 0.6) is 0 Å². The first-order valence-electron chi connectivity index (χ1n) is 6.66. The van der Waals surface area contributed by atoms with Crippen LogP contribution in [0.15, 0.2) is 22.8 Å². The van der Waals surface area contributed by atoms with E-state index in [1.807, 2.05) is 6.07 Å². The minimum atomic E-state index is -0.0890. The topological polar surface area (TPSA) is 42.0 Å². The normalized spacial score (nSPS) is 15.8. The molecule has 1 fully saturated rings. The Kier molecular flexibility index (Phi) is 5.17. The van der Waals surface area contributed by atoms with Gasteiger partial charge in [0, 0.05) is 17.2 Å². The van der Waals surface area contributed by atoms with Crippen LogP contribution in [0.1, 0.15) is 49.0 Å². The molecule has 98 valence electrons. The second-order valence-corrected chi connectivity index (χ2v) is 5.74. The lowest BCUT2D eigenvalue weighted by atomic mass is 10.0. The first-order chi connectivity index (χ1) is 8.77. The number of aromatic nitrogens is 1. The lowest BCUT2D eigenvalue weighted by molar-refractivity contribution is 0.0946. The summed E-state index contributed by atoms with van der Waals surface area (Å²) in [4.78, 5) is 15.9. The van der Waals surface area contributed by atoms with Crippen LogP contribution in [-0.4, -0.2) is 17.4 Å². The van der Waals surface area contributed by atoms with E-state index < -0.39 is 0 Å². The van der Waals surface area contributed by atoms with Crippen molar-refractivity contribution in [2.24, 2.45) is 5.92 Å². The quantitative estimate of drug-likeness (QED) is 0.845. The zero-order valence-corrected chi connectivity index (χ0v) is 12.1. The van der Waals surface area contributed by atoms with Gasteiger partial charge in [-0.25, -0.2) is 4.98 Å². The summed E-state index contributed by atoms with van der Waals surface area (Å²) in [5.41, 5.74) is 0.471. The number of nitrogens with zero attached hydrogens (tertiary/aromatic N) is 1. The van der Waals surface area contributed by atoms with E-state index in [9.17, 15) is 4.79 Å². The monoisotopic (exact) mass is 310 g/mol. The standard InChI is InChI=1S/C14H19BrN2O/c15-12-8-4-9-16-13(12)14(18)17-10-3-7-11-5-1-2-6-11/h4,8-9,11H,1-3,5-7,10H2,(H,17,18). The zero-order chi connectivity index (χ0) is 12.8. The van der Waals surface area contributed by atoms with Crippen LogP contribution in [0.25, 0.3) is 0 Å². The number of halogens is 1. The summed E-state index contributed by atoms with van der Waals surface area (Å²) in [6, 6.07) is 3.64. The molecule has 0 bridgehead atoms. The summed E-state index contributed by atoms with van der Waals surface area (Å²) < 4.78 is 0.748. The van der Waals surface area contributed by atoms with Gasteiger partial charge in [-0.15, -0.1) is 0 Å². The van der Waals surface area contributed by atoms with E-state index in [1.165, 1.54) is 32.1 Å². The molecule has 3 nitrogen and oxygen atoms in total. The molecule has 1 aromatic rings. The Morgan fingerprint density at radius 3 is 2.94 bits per heavy atom. The van der Waals surface area contributed by atoms with E-state index in [0.717, 1.165) is 23.4 Å². The Morgan fingerprint density at radius 2 is 2.22 bits per heavy atom. The minimum Gasteiger partial charge on any atom is -0.351 e. The summed E-state index contributed by atoms with van der Waals surface area (Å²) in [6.07, 6.45) is 9.47. The maximum absolute atomic E-state index is 11.9. The molecule has 18 heavy (non-hydrogen) atoms. The van der Waals surface area contributed by atoms with Gasteiger partial charge in [0.2, 0.25) is 0 Å². The summed E-state index contributed by atoms with van der Waals surface area (Å²) in [7, 11) is 0. The van der Waals surface area contributed by atoms with E-state index in [-0.39, 0.29) is 5.91 Å². The van der Waals surface area contributed by atoms with Gasteiger partial charge in [-0.3, -0.25) is 4.79 Å². The van der Waals surface area contributed by atoms with Crippen LogP contribution in [0.4, 0.5) is 0 Å². The van der Waals surface area contributed by atoms with Crippen molar-refractivity contribution < 1.29 is 4.79 Å². The van der Waals surface area contributed by atoms with Crippen molar-refractivity contribution in [1.82, 2.24) is 10.3 Å². The van der Waals surface area contributed by atoms with Crippen LogP contribution in [0.2, 0.25) is 0 Å². The van der Waals surface area contributed by atoms with Crippen molar-refractivity contribution in [3.05, 3.63) is 28.5 Å². The second-order valence-electron chi connectivity index (χ2n) is 4.88. The fourth-order valence-corrected chi connectivity index (χ4v) is 2.96. The summed E-state index contributed by atoms with van der Waals surface area (Å²) >= 11 is 3.34. The van der Waals surface area contributed by atoms with Gasteiger partial charge in [-0.2, -0.15) is 0 Å². The van der Waals surface area contributed by atoms with Crippen LogP contribution < -0.4 is 5.32 Å². The number of carbonyl (C=O) groups is 1. The van der Waals surface area contributed by atoms with Crippen molar-refractivity contribution in [3.8, 4) is 0 Å². The predicted octanol–water partition coefficient (Wildman–Crippen LogP) is 3.54. The van der Waals surface area contributed by atoms with Crippen molar-refractivity contribution in [2.45, 2.75) is 38.5 Å². The Hall–Kier alpha value is -0.900. The largest absolute Gasteiger partial charge is 0.351 e. The third-order valence-electron chi connectivity index (χ3n) is 3.52. The molecule has 1 aromatic heterocycles. The van der Waals surface area contributed by atoms with Gasteiger partial charge in [0.1, 0.15) is 5.69 Å². The maximum Gasteiger partial charge on any atom is 0.271 e. The highest BCUT2D eigenvalue weighted by molar-refractivity contribution is 9.10. The molecular formula is C14H19BrN2O. The molecule has 2 rings (SSSR count). The van der Waals surface area contributed by atoms with E-state index >= 15 is 0 Å². The minimum absolute atomic E-state index is 0.0890. The van der Waals surface area contributed by atoms with Crippen LogP contribution >= 0.6 is 15.9 Å². The van der Waals surface area contributed by atoms with Gasteiger partial charge in [0.05, 0.1) is 0 Å². The molecule has 1 N–H and O–H groups in total. The summed E-state index contributed by atoms with van der Waals surface area (Å²) in [5.74, 6) is 0.803. The number of carbonyl (C=O) groups excluding carboxylic acids is 1. The molecular weight excluding hydrogens is 292 g/mol. The average Bonchev–Trinajstić information content (AvgIpc) is 2.88. The Bertz CT molecular complexity index is 403. The molecule has 1 aliphatic rings. The smallest absolute Gasteiger partial charge is 0.271 e. The third kappa shape index (κ3) is 3.80. The van der Waals surface area contributed by atoms with Crippen LogP contribution in [0.3, 0.4) is 0 Å². The molecule has 0 atom stereocenters. The molecule has 1 saturated carbocycles. The van der Waals surface area contributed by atoms with Gasteiger partial charge < -0.3 is 5.32 Å². The number of rotatable bonds is 5. The first kappa shape index (κ1) is 13.5. The molecule has 0 spiro atoms. The van der Waals surface area contributed by atoms with E-state index in [0.29, 0.717) is 5.69 Å². The fraction of sp³-hybridized carbons (Fsp3) is 0.571. The molecule has 0 aliphatic heterocycles. The third-order valence-corrected chi connectivity index (χ3v) is 4.16. The number of nitrogens with one attached hydrogen (secondary N) is 1. The SMILES string of the molecule is O=C(NCCCC1CCCC1)c1ncccc1Br. The van der Waals surface area contributed by atoms with Crippen LogP contribution in [-0.2, 0) is 0 Å².